The van der Waals surface area contributed by atoms with Crippen LogP contribution in [0.1, 0.15) is 19.4 Å². The molecule has 0 fully saturated rings. The van der Waals surface area contributed by atoms with Gasteiger partial charge in [0.25, 0.3) is 0 Å². The summed E-state index contributed by atoms with van der Waals surface area (Å²) in [6, 6.07) is 2.48. The van der Waals surface area contributed by atoms with Crippen LogP contribution >= 0.6 is 0 Å². The normalized spacial score (nSPS) is 10.5. The van der Waals surface area contributed by atoms with E-state index in [0.717, 1.165) is 5.56 Å². The summed E-state index contributed by atoms with van der Waals surface area (Å²) in [5.74, 6) is 0. The molecule has 0 aromatic carbocycles. The second-order valence-electron chi connectivity index (χ2n) is 3.41. The first kappa shape index (κ1) is 9.99. The van der Waals surface area contributed by atoms with E-state index >= 15 is 0 Å². The summed E-state index contributed by atoms with van der Waals surface area (Å²) in [5, 5.41) is 0. The third kappa shape index (κ3) is 2.18. The summed E-state index contributed by atoms with van der Waals surface area (Å²) in [4.78, 5) is 6.25. The molecule has 0 amide bonds. The number of aromatic nitrogens is 1. The van der Waals surface area contributed by atoms with Crippen molar-refractivity contribution in [2.45, 2.75) is 26.4 Å². The van der Waals surface area contributed by atoms with E-state index in [-0.39, 0.29) is 0 Å². The van der Waals surface area contributed by atoms with E-state index in [9.17, 15) is 0 Å². The van der Waals surface area contributed by atoms with Gasteiger partial charge in [-0.2, -0.15) is 0 Å². The highest BCUT2D eigenvalue weighted by Crippen LogP contribution is 2.18. The highest BCUT2D eigenvalue weighted by Gasteiger charge is 2.08. The van der Waals surface area contributed by atoms with E-state index in [1.807, 2.05) is 12.3 Å². The molecule has 0 aliphatic carbocycles. The maximum absolute atomic E-state index is 5.62. The molecule has 0 bridgehead atoms. The third-order valence-corrected chi connectivity index (χ3v) is 2.25. The van der Waals surface area contributed by atoms with Crippen molar-refractivity contribution in [2.24, 2.45) is 5.73 Å². The van der Waals surface area contributed by atoms with Crippen molar-refractivity contribution >= 4 is 5.69 Å². The van der Waals surface area contributed by atoms with Gasteiger partial charge in [0.1, 0.15) is 0 Å². The summed E-state index contributed by atoms with van der Waals surface area (Å²) in [5.41, 5.74) is 7.89. The van der Waals surface area contributed by atoms with Crippen LogP contribution in [0, 0.1) is 0 Å². The number of hydrogen-bond acceptors (Lipinski definition) is 3. The fourth-order valence-corrected chi connectivity index (χ4v) is 1.20. The van der Waals surface area contributed by atoms with Crippen LogP contribution < -0.4 is 10.6 Å². The van der Waals surface area contributed by atoms with Crippen molar-refractivity contribution < 1.29 is 0 Å². The Hall–Kier alpha value is -1.09. The largest absolute Gasteiger partial charge is 0.372 e. The van der Waals surface area contributed by atoms with Crippen molar-refractivity contribution in [3.8, 4) is 0 Å². The average Bonchev–Trinajstić information content (AvgIpc) is 2.16. The van der Waals surface area contributed by atoms with E-state index in [1.54, 1.807) is 6.20 Å². The van der Waals surface area contributed by atoms with E-state index in [1.165, 1.54) is 5.69 Å². The number of nitrogens with two attached hydrogens (primary N) is 1. The predicted molar refractivity (Wildman–Crippen MR) is 55.7 cm³/mol. The second kappa shape index (κ2) is 4.23. The van der Waals surface area contributed by atoms with Crippen LogP contribution in [-0.4, -0.2) is 18.1 Å². The van der Waals surface area contributed by atoms with E-state index in [4.69, 9.17) is 5.73 Å². The van der Waals surface area contributed by atoms with Gasteiger partial charge < -0.3 is 10.6 Å². The van der Waals surface area contributed by atoms with Crippen LogP contribution in [0.2, 0.25) is 0 Å². The Morgan fingerprint density at radius 1 is 1.54 bits per heavy atom. The molecule has 1 rings (SSSR count). The Morgan fingerprint density at radius 2 is 2.23 bits per heavy atom. The molecule has 0 saturated carbocycles. The zero-order valence-electron chi connectivity index (χ0n) is 8.49. The molecule has 0 unspecified atom stereocenters. The lowest BCUT2D eigenvalue weighted by atomic mass is 10.2. The van der Waals surface area contributed by atoms with Crippen LogP contribution in [-0.2, 0) is 6.54 Å². The Kier molecular flexibility index (Phi) is 3.25. The van der Waals surface area contributed by atoms with Gasteiger partial charge >= 0.3 is 0 Å². The maximum atomic E-state index is 5.62. The van der Waals surface area contributed by atoms with Crippen LogP contribution in [0.3, 0.4) is 0 Å². The molecule has 0 aliphatic heterocycles. The third-order valence-electron chi connectivity index (χ3n) is 2.25. The molecule has 3 nitrogen and oxygen atoms in total. The molecule has 0 aliphatic rings. The lowest BCUT2D eigenvalue weighted by Crippen LogP contribution is -2.27. The van der Waals surface area contributed by atoms with Crippen molar-refractivity contribution in [1.82, 2.24) is 4.98 Å². The second-order valence-corrected chi connectivity index (χ2v) is 3.41. The zero-order chi connectivity index (χ0) is 9.84. The Morgan fingerprint density at radius 3 is 2.77 bits per heavy atom. The van der Waals surface area contributed by atoms with Crippen LogP contribution in [0.5, 0.6) is 0 Å². The Balaban J connectivity index is 2.98. The monoisotopic (exact) mass is 179 g/mol. The van der Waals surface area contributed by atoms with E-state index < -0.39 is 0 Å². The van der Waals surface area contributed by atoms with E-state index in [2.05, 4.69) is 30.8 Å². The van der Waals surface area contributed by atoms with Gasteiger partial charge in [0.05, 0.1) is 0 Å². The fourth-order valence-electron chi connectivity index (χ4n) is 1.20. The van der Waals surface area contributed by atoms with Gasteiger partial charge in [0.2, 0.25) is 0 Å². The van der Waals surface area contributed by atoms with Gasteiger partial charge in [-0.25, -0.2) is 0 Å². The summed E-state index contributed by atoms with van der Waals surface area (Å²) in [6.07, 6.45) is 3.63. The molecular formula is C10H17N3. The molecule has 72 valence electrons. The number of rotatable bonds is 3. The van der Waals surface area contributed by atoms with Gasteiger partial charge in [0.15, 0.2) is 0 Å². The van der Waals surface area contributed by atoms with Crippen LogP contribution in [0.4, 0.5) is 5.69 Å². The average molecular weight is 179 g/mol. The molecule has 0 spiro atoms. The molecule has 1 aromatic heterocycles. The molecule has 2 N–H and O–H groups in total. The minimum atomic E-state index is 0.479. The van der Waals surface area contributed by atoms with Gasteiger partial charge in [-0.1, -0.05) is 0 Å². The number of nitrogens with zero attached hydrogens (tertiary/aromatic N) is 2. The summed E-state index contributed by atoms with van der Waals surface area (Å²) < 4.78 is 0. The van der Waals surface area contributed by atoms with Crippen molar-refractivity contribution in [1.29, 1.82) is 0 Å². The molecule has 0 radical (unpaired) electrons. The lowest BCUT2D eigenvalue weighted by molar-refractivity contribution is 0.748. The first-order valence-corrected chi connectivity index (χ1v) is 4.52. The number of pyridine rings is 1. The SMILES string of the molecule is CC(C)N(C)c1ccncc1CN. The minimum absolute atomic E-state index is 0.479. The molecule has 0 saturated heterocycles. The standard InChI is InChI=1S/C10H17N3/c1-8(2)13(3)10-4-5-12-7-9(10)6-11/h4-5,7-8H,6,11H2,1-3H3. The first-order chi connectivity index (χ1) is 6.16. The highest BCUT2D eigenvalue weighted by atomic mass is 15.1. The zero-order valence-corrected chi connectivity index (χ0v) is 8.49. The van der Waals surface area contributed by atoms with Crippen LogP contribution in [0.25, 0.3) is 0 Å². The minimum Gasteiger partial charge on any atom is -0.372 e. The molecule has 13 heavy (non-hydrogen) atoms. The molecule has 0 atom stereocenters. The van der Waals surface area contributed by atoms with Gasteiger partial charge in [-0.15, -0.1) is 0 Å². The first-order valence-electron chi connectivity index (χ1n) is 4.52. The predicted octanol–water partition coefficient (Wildman–Crippen LogP) is 1.38. The summed E-state index contributed by atoms with van der Waals surface area (Å²) in [6.45, 7) is 4.85. The topological polar surface area (TPSA) is 42.2 Å². The Bertz CT molecular complexity index is 271. The summed E-state index contributed by atoms with van der Waals surface area (Å²) >= 11 is 0. The fraction of sp³-hybridized carbons (Fsp3) is 0.500. The van der Waals surface area contributed by atoms with Crippen molar-refractivity contribution in [3.63, 3.8) is 0 Å². The number of anilines is 1. The molecule has 1 aromatic rings. The smallest absolute Gasteiger partial charge is 0.0442 e. The number of hydrogen-bond donors (Lipinski definition) is 1. The molecule has 1 heterocycles. The highest BCUT2D eigenvalue weighted by molar-refractivity contribution is 5.52. The van der Waals surface area contributed by atoms with Crippen molar-refractivity contribution in [2.75, 3.05) is 11.9 Å². The van der Waals surface area contributed by atoms with Crippen molar-refractivity contribution in [3.05, 3.63) is 24.0 Å². The van der Waals surface area contributed by atoms with Gasteiger partial charge in [-0.05, 0) is 19.9 Å². The Labute approximate surface area is 79.6 Å². The van der Waals surface area contributed by atoms with E-state index in [0.29, 0.717) is 12.6 Å². The molecule has 3 heteroatoms. The maximum Gasteiger partial charge on any atom is 0.0442 e. The van der Waals surface area contributed by atoms with Crippen LogP contribution in [0.15, 0.2) is 18.5 Å². The quantitative estimate of drug-likeness (QED) is 0.762. The lowest BCUT2D eigenvalue weighted by Gasteiger charge is -2.25. The van der Waals surface area contributed by atoms with Gasteiger partial charge in [0, 0.05) is 43.3 Å². The molecular weight excluding hydrogens is 162 g/mol. The van der Waals surface area contributed by atoms with Gasteiger partial charge in [-0.3, -0.25) is 4.98 Å². The summed E-state index contributed by atoms with van der Waals surface area (Å²) in [7, 11) is 2.07.